The molecule has 1 aromatic carbocycles. The van der Waals surface area contributed by atoms with E-state index in [4.69, 9.17) is 14.2 Å². The Bertz CT molecular complexity index is 1340. The Morgan fingerprint density at radius 2 is 1.72 bits per heavy atom. The van der Waals surface area contributed by atoms with Crippen molar-refractivity contribution in [3.05, 3.63) is 51.7 Å². The van der Waals surface area contributed by atoms with Crippen molar-refractivity contribution in [1.82, 2.24) is 14.8 Å². The third-order valence-electron chi connectivity index (χ3n) is 5.95. The predicted molar refractivity (Wildman–Crippen MR) is 151 cm³/mol. The first-order valence-corrected chi connectivity index (χ1v) is 14.1. The van der Waals surface area contributed by atoms with E-state index in [1.54, 1.807) is 6.92 Å². The Morgan fingerprint density at radius 1 is 1.08 bits per heavy atom. The number of rotatable bonds is 10. The van der Waals surface area contributed by atoms with E-state index in [0.717, 1.165) is 17.1 Å². The minimum Gasteiger partial charge on any atom is -0.483 e. The lowest BCUT2D eigenvalue weighted by atomic mass is 9.87. The number of ether oxygens (including phenoxy) is 3. The summed E-state index contributed by atoms with van der Waals surface area (Å²) >= 11 is 2.17. The van der Waals surface area contributed by atoms with Gasteiger partial charge >= 0.3 is 11.9 Å². The molecule has 0 saturated heterocycles. The van der Waals surface area contributed by atoms with Gasteiger partial charge in [0.25, 0.3) is 0 Å². The van der Waals surface area contributed by atoms with Gasteiger partial charge in [-0.1, -0.05) is 44.7 Å². The van der Waals surface area contributed by atoms with Crippen LogP contribution in [0.2, 0.25) is 0 Å². The summed E-state index contributed by atoms with van der Waals surface area (Å²) in [7, 11) is 2.49. The van der Waals surface area contributed by atoms with Crippen molar-refractivity contribution in [2.75, 3.05) is 25.3 Å². The molecule has 0 aliphatic carbocycles. The molecule has 1 N–H and O–H groups in total. The van der Waals surface area contributed by atoms with Crippen LogP contribution in [0.5, 0.6) is 5.75 Å². The molecule has 2 heterocycles. The van der Waals surface area contributed by atoms with Crippen LogP contribution in [0.15, 0.2) is 29.4 Å². The fourth-order valence-corrected chi connectivity index (χ4v) is 5.76. The van der Waals surface area contributed by atoms with Crippen LogP contribution in [0.3, 0.4) is 0 Å². The molecule has 0 saturated carbocycles. The van der Waals surface area contributed by atoms with Crippen LogP contribution < -0.4 is 10.1 Å². The first kappa shape index (κ1) is 30.2. The molecule has 0 fully saturated rings. The average molecular weight is 575 g/mol. The Labute approximate surface area is 236 Å². The number of nitrogens with zero attached hydrogens (tertiary/aromatic N) is 3. The number of thioether (sulfide) groups is 1. The minimum absolute atomic E-state index is 0.00670. The molecule has 3 aromatic rings. The van der Waals surface area contributed by atoms with E-state index in [1.165, 1.54) is 31.5 Å². The summed E-state index contributed by atoms with van der Waals surface area (Å²) in [5.74, 6) is -0.245. The molecular formula is C27H34N4O6S2. The first-order chi connectivity index (χ1) is 18.4. The van der Waals surface area contributed by atoms with Crippen molar-refractivity contribution in [3.63, 3.8) is 0 Å². The van der Waals surface area contributed by atoms with Gasteiger partial charge in [-0.25, -0.2) is 9.59 Å². The molecule has 2 aromatic heterocycles. The van der Waals surface area contributed by atoms with Gasteiger partial charge in [-0.05, 0) is 49.4 Å². The maximum atomic E-state index is 12.8. The molecular weight excluding hydrogens is 540 g/mol. The number of methoxy groups -OCH3 is 2. The van der Waals surface area contributed by atoms with E-state index in [9.17, 15) is 14.4 Å². The molecule has 210 valence electrons. The van der Waals surface area contributed by atoms with Crippen LogP contribution in [-0.4, -0.2) is 52.6 Å². The highest BCUT2D eigenvalue weighted by Crippen LogP contribution is 2.34. The standard InChI is InChI=1S/C27H34N4O6S2/c1-9-31-22(16(3)37-18-12-10-17(11-13-18)27(4,5)6)29-30-26(31)38-14-19(32)28-23-20(24(33)35-7)15(2)21(39-23)25(34)36-8/h10-13,16H,9,14H2,1-8H3,(H,28,32). The summed E-state index contributed by atoms with van der Waals surface area (Å²) in [6.07, 6.45) is -0.366. The Kier molecular flexibility index (Phi) is 9.78. The van der Waals surface area contributed by atoms with Crippen molar-refractivity contribution < 1.29 is 28.6 Å². The second-order valence-corrected chi connectivity index (χ2v) is 11.7. The molecule has 1 amide bonds. The maximum absolute atomic E-state index is 12.8. The van der Waals surface area contributed by atoms with Crippen molar-refractivity contribution in [3.8, 4) is 5.75 Å². The summed E-state index contributed by atoms with van der Waals surface area (Å²) < 4.78 is 17.7. The zero-order valence-electron chi connectivity index (χ0n) is 23.4. The Morgan fingerprint density at radius 3 is 2.28 bits per heavy atom. The summed E-state index contributed by atoms with van der Waals surface area (Å²) in [6.45, 7) is 12.5. The largest absolute Gasteiger partial charge is 0.483 e. The number of hydrogen-bond acceptors (Lipinski definition) is 10. The van der Waals surface area contributed by atoms with Gasteiger partial charge in [-0.3, -0.25) is 4.79 Å². The van der Waals surface area contributed by atoms with E-state index >= 15 is 0 Å². The van der Waals surface area contributed by atoms with Crippen LogP contribution in [-0.2, 0) is 26.2 Å². The van der Waals surface area contributed by atoms with Crippen molar-refractivity contribution >= 4 is 45.9 Å². The summed E-state index contributed by atoms with van der Waals surface area (Å²) in [6, 6.07) is 8.01. The van der Waals surface area contributed by atoms with E-state index in [1.807, 2.05) is 30.5 Å². The Balaban J connectivity index is 1.70. The number of carbonyl (C=O) groups is 3. The second kappa shape index (κ2) is 12.6. The molecule has 0 bridgehead atoms. The number of benzene rings is 1. The zero-order valence-corrected chi connectivity index (χ0v) is 25.0. The second-order valence-electron chi connectivity index (χ2n) is 9.70. The van der Waals surface area contributed by atoms with E-state index < -0.39 is 11.9 Å². The first-order valence-electron chi connectivity index (χ1n) is 12.3. The van der Waals surface area contributed by atoms with Gasteiger partial charge < -0.3 is 24.1 Å². The molecule has 39 heavy (non-hydrogen) atoms. The number of carbonyl (C=O) groups excluding carboxylic acids is 3. The molecule has 0 spiro atoms. The van der Waals surface area contributed by atoms with Gasteiger partial charge in [0, 0.05) is 6.54 Å². The minimum atomic E-state index is -0.653. The van der Waals surface area contributed by atoms with Crippen LogP contribution in [0, 0.1) is 6.92 Å². The lowest BCUT2D eigenvalue weighted by Gasteiger charge is -2.20. The number of aromatic nitrogens is 3. The highest BCUT2D eigenvalue weighted by atomic mass is 32.2. The molecule has 10 nitrogen and oxygen atoms in total. The van der Waals surface area contributed by atoms with Crippen LogP contribution >= 0.6 is 23.1 Å². The number of hydrogen-bond donors (Lipinski definition) is 1. The highest BCUT2D eigenvalue weighted by Gasteiger charge is 2.27. The summed E-state index contributed by atoms with van der Waals surface area (Å²) in [5, 5.41) is 12.1. The topological polar surface area (TPSA) is 122 Å². The summed E-state index contributed by atoms with van der Waals surface area (Å²) in [5.41, 5.74) is 1.78. The number of amides is 1. The molecule has 1 atom stereocenters. The van der Waals surface area contributed by atoms with E-state index in [-0.39, 0.29) is 38.6 Å². The van der Waals surface area contributed by atoms with Crippen molar-refractivity contribution in [2.24, 2.45) is 0 Å². The van der Waals surface area contributed by atoms with Gasteiger partial charge in [0.1, 0.15) is 15.6 Å². The third kappa shape index (κ3) is 6.99. The molecule has 1 unspecified atom stereocenters. The highest BCUT2D eigenvalue weighted by molar-refractivity contribution is 7.99. The fraction of sp³-hybridized carbons (Fsp3) is 0.444. The van der Waals surface area contributed by atoms with Gasteiger partial charge in [0.15, 0.2) is 17.1 Å². The lowest BCUT2D eigenvalue weighted by Crippen LogP contribution is -2.17. The van der Waals surface area contributed by atoms with Crippen molar-refractivity contribution in [2.45, 2.75) is 64.8 Å². The Hall–Kier alpha value is -3.38. The SMILES string of the molecule is CCn1c(SCC(=O)Nc2sc(C(=O)OC)c(C)c2C(=O)OC)nnc1C(C)Oc1ccc(C(C)(C)C)cc1. The smallest absolute Gasteiger partial charge is 0.348 e. The number of nitrogens with one attached hydrogen (secondary N) is 1. The normalized spacial score (nSPS) is 12.1. The third-order valence-corrected chi connectivity index (χ3v) is 8.10. The number of esters is 2. The molecule has 3 rings (SSSR count). The van der Waals surface area contributed by atoms with E-state index in [0.29, 0.717) is 23.1 Å². The average Bonchev–Trinajstić information content (AvgIpc) is 3.46. The molecule has 12 heteroatoms. The maximum Gasteiger partial charge on any atom is 0.348 e. The van der Waals surface area contributed by atoms with Crippen LogP contribution in [0.25, 0.3) is 0 Å². The van der Waals surface area contributed by atoms with Crippen LogP contribution in [0.1, 0.15) is 77.7 Å². The fourth-order valence-electron chi connectivity index (χ4n) is 3.82. The quantitative estimate of drug-likeness (QED) is 0.250. The molecule has 0 aliphatic heterocycles. The molecule has 0 aliphatic rings. The lowest BCUT2D eigenvalue weighted by molar-refractivity contribution is -0.113. The number of thiophene rings is 1. The zero-order chi connectivity index (χ0) is 28.9. The number of anilines is 1. The molecule has 0 radical (unpaired) electrons. The van der Waals surface area contributed by atoms with Crippen molar-refractivity contribution in [1.29, 1.82) is 0 Å². The van der Waals surface area contributed by atoms with E-state index in [2.05, 4.69) is 48.4 Å². The van der Waals surface area contributed by atoms with Crippen LogP contribution in [0.4, 0.5) is 5.00 Å². The van der Waals surface area contributed by atoms with Gasteiger partial charge in [0.2, 0.25) is 5.91 Å². The summed E-state index contributed by atoms with van der Waals surface area (Å²) in [4.78, 5) is 37.5. The van der Waals surface area contributed by atoms with Gasteiger partial charge in [0.05, 0.1) is 25.5 Å². The van der Waals surface area contributed by atoms with Gasteiger partial charge in [-0.15, -0.1) is 21.5 Å². The van der Waals surface area contributed by atoms with Gasteiger partial charge in [-0.2, -0.15) is 0 Å². The predicted octanol–water partition coefficient (Wildman–Crippen LogP) is 5.41. The monoisotopic (exact) mass is 574 g/mol.